The average Bonchev–Trinajstić information content (AvgIpc) is 2.80. The topological polar surface area (TPSA) is 79.8 Å². The molecule has 33 heavy (non-hydrogen) atoms. The molecule has 1 aliphatic heterocycles. The van der Waals surface area contributed by atoms with Gasteiger partial charge in [0.05, 0.1) is 35.9 Å². The van der Waals surface area contributed by atoms with Crippen molar-refractivity contribution in [3.63, 3.8) is 0 Å². The largest absolute Gasteiger partial charge is 0.493 e. The average molecular weight is 539 g/mol. The summed E-state index contributed by atoms with van der Waals surface area (Å²) in [5.41, 5.74) is 0.758. The van der Waals surface area contributed by atoms with Crippen molar-refractivity contribution in [2.24, 2.45) is 0 Å². The molecule has 0 saturated carbocycles. The summed E-state index contributed by atoms with van der Waals surface area (Å²) in [7, 11) is 5.21. The molecular formula is C22H22BrClFN5O3. The van der Waals surface area contributed by atoms with Gasteiger partial charge in [-0.05, 0) is 41.2 Å². The number of amides is 1. The van der Waals surface area contributed by atoms with Gasteiger partial charge in [-0.1, -0.05) is 11.6 Å². The van der Waals surface area contributed by atoms with Crippen molar-refractivity contribution >= 4 is 55.8 Å². The van der Waals surface area contributed by atoms with Crippen molar-refractivity contribution in [2.45, 2.75) is 6.04 Å². The number of hydrogen-bond donors (Lipinski definition) is 1. The lowest BCUT2D eigenvalue weighted by atomic mass is 10.2. The lowest BCUT2D eigenvalue weighted by molar-refractivity contribution is -0.138. The fourth-order valence-electron chi connectivity index (χ4n) is 3.63. The summed E-state index contributed by atoms with van der Waals surface area (Å²) in [4.78, 5) is 24.4. The quantitative estimate of drug-likeness (QED) is 0.474. The van der Waals surface area contributed by atoms with Crippen LogP contribution in [0.4, 0.5) is 15.9 Å². The molecule has 4 rings (SSSR count). The van der Waals surface area contributed by atoms with Crippen LogP contribution >= 0.6 is 27.5 Å². The van der Waals surface area contributed by atoms with E-state index in [9.17, 15) is 9.18 Å². The van der Waals surface area contributed by atoms with Crippen molar-refractivity contribution < 1.29 is 18.7 Å². The summed E-state index contributed by atoms with van der Waals surface area (Å²) >= 11 is 9.21. The van der Waals surface area contributed by atoms with Crippen LogP contribution in [0.25, 0.3) is 10.9 Å². The summed E-state index contributed by atoms with van der Waals surface area (Å²) < 4.78 is 26.6. The zero-order valence-corrected chi connectivity index (χ0v) is 20.6. The van der Waals surface area contributed by atoms with Crippen LogP contribution in [0.5, 0.6) is 11.5 Å². The molecule has 1 fully saturated rings. The molecule has 1 aliphatic rings. The Labute approximate surface area is 203 Å². The fourth-order valence-corrected chi connectivity index (χ4v) is 4.10. The molecule has 0 radical (unpaired) electrons. The first-order chi connectivity index (χ1) is 15.8. The Balaban J connectivity index is 1.62. The van der Waals surface area contributed by atoms with Crippen LogP contribution in [0, 0.1) is 5.82 Å². The van der Waals surface area contributed by atoms with Gasteiger partial charge in [0, 0.05) is 29.5 Å². The van der Waals surface area contributed by atoms with Crippen LogP contribution in [-0.4, -0.2) is 72.6 Å². The molecule has 2 heterocycles. The SMILES string of the molecule is COc1cc2c(Nc3ccc(Br)c(Cl)c3F)ncnc2cc1OC[C@@H]1CN(C)CC(=O)N1C. The lowest BCUT2D eigenvalue weighted by Crippen LogP contribution is -2.55. The van der Waals surface area contributed by atoms with Crippen LogP contribution in [0.1, 0.15) is 0 Å². The smallest absolute Gasteiger partial charge is 0.236 e. The van der Waals surface area contributed by atoms with Crippen LogP contribution in [0.3, 0.4) is 0 Å². The Morgan fingerprint density at radius 3 is 2.82 bits per heavy atom. The summed E-state index contributed by atoms with van der Waals surface area (Å²) in [6.07, 6.45) is 1.38. The van der Waals surface area contributed by atoms with Crippen molar-refractivity contribution in [1.29, 1.82) is 0 Å². The first kappa shape index (κ1) is 23.5. The number of rotatable bonds is 6. The monoisotopic (exact) mass is 537 g/mol. The standard InChI is InChI=1S/C22H22BrClFN5O3/c1-29-8-12(30(2)19(31)9-29)10-33-18-7-16-13(6-17(18)32-3)22(27-11-26-16)28-15-5-4-14(23)20(24)21(15)25/h4-7,11-12H,8-10H2,1-3H3,(H,26,27,28)/t12-/m0/s1. The number of carbonyl (C=O) groups is 1. The van der Waals surface area contributed by atoms with E-state index >= 15 is 0 Å². The molecular weight excluding hydrogens is 517 g/mol. The van der Waals surface area contributed by atoms with Gasteiger partial charge in [0.1, 0.15) is 18.8 Å². The molecule has 0 aliphatic carbocycles. The number of piperazine rings is 1. The number of benzene rings is 2. The maximum atomic E-state index is 14.6. The van der Waals surface area contributed by atoms with E-state index in [4.69, 9.17) is 21.1 Å². The third-order valence-electron chi connectivity index (χ3n) is 5.51. The molecule has 1 N–H and O–H groups in total. The predicted molar refractivity (Wildman–Crippen MR) is 128 cm³/mol. The molecule has 1 atom stereocenters. The molecule has 2 aromatic carbocycles. The number of aromatic nitrogens is 2. The number of nitrogens with one attached hydrogen (secondary N) is 1. The van der Waals surface area contributed by atoms with Gasteiger partial charge in [0.15, 0.2) is 17.3 Å². The lowest BCUT2D eigenvalue weighted by Gasteiger charge is -2.37. The Morgan fingerprint density at radius 2 is 2.06 bits per heavy atom. The van der Waals surface area contributed by atoms with Gasteiger partial charge >= 0.3 is 0 Å². The number of ether oxygens (including phenoxy) is 2. The minimum absolute atomic E-state index is 0.0246. The van der Waals surface area contributed by atoms with Crippen molar-refractivity contribution in [3.05, 3.63) is 45.9 Å². The zero-order valence-electron chi connectivity index (χ0n) is 18.2. The summed E-state index contributed by atoms with van der Waals surface area (Å²) in [5, 5.41) is 3.57. The van der Waals surface area contributed by atoms with Gasteiger partial charge in [0.25, 0.3) is 0 Å². The number of halogens is 3. The van der Waals surface area contributed by atoms with E-state index in [0.29, 0.717) is 52.4 Å². The highest BCUT2D eigenvalue weighted by atomic mass is 79.9. The Kier molecular flexibility index (Phi) is 6.87. The minimum Gasteiger partial charge on any atom is -0.493 e. The highest BCUT2D eigenvalue weighted by molar-refractivity contribution is 9.10. The van der Waals surface area contributed by atoms with Crippen LogP contribution in [-0.2, 0) is 4.79 Å². The first-order valence-electron chi connectivity index (χ1n) is 10.1. The second-order valence-electron chi connectivity index (χ2n) is 7.76. The second kappa shape index (κ2) is 9.66. The molecule has 3 aromatic rings. The molecule has 1 saturated heterocycles. The van der Waals surface area contributed by atoms with E-state index in [1.54, 1.807) is 36.2 Å². The summed E-state index contributed by atoms with van der Waals surface area (Å²) in [6.45, 7) is 1.39. The molecule has 0 unspecified atom stereocenters. The molecule has 0 spiro atoms. The Hall–Kier alpha value is -2.69. The second-order valence-corrected chi connectivity index (χ2v) is 8.99. The van der Waals surface area contributed by atoms with Crippen molar-refractivity contribution in [2.75, 3.05) is 46.2 Å². The normalized spacial score (nSPS) is 16.8. The van der Waals surface area contributed by atoms with Crippen molar-refractivity contribution in [3.8, 4) is 11.5 Å². The molecule has 8 nitrogen and oxygen atoms in total. The zero-order chi connectivity index (χ0) is 23.7. The van der Waals surface area contributed by atoms with E-state index in [2.05, 4.69) is 31.2 Å². The van der Waals surface area contributed by atoms with E-state index < -0.39 is 5.82 Å². The summed E-state index contributed by atoms with van der Waals surface area (Å²) in [5.74, 6) is 0.795. The molecule has 0 bridgehead atoms. The molecule has 1 amide bonds. The number of anilines is 2. The highest BCUT2D eigenvalue weighted by Gasteiger charge is 2.28. The number of fused-ring (bicyclic) bond motifs is 1. The van der Waals surface area contributed by atoms with Gasteiger partial charge < -0.3 is 19.7 Å². The van der Waals surface area contributed by atoms with Gasteiger partial charge in [-0.25, -0.2) is 14.4 Å². The van der Waals surface area contributed by atoms with E-state index in [-0.39, 0.29) is 22.7 Å². The number of likely N-dealkylation sites (N-methyl/N-ethyl adjacent to an activating group) is 2. The number of carbonyl (C=O) groups excluding carboxylic acids is 1. The van der Waals surface area contributed by atoms with Crippen LogP contribution < -0.4 is 14.8 Å². The number of methoxy groups -OCH3 is 1. The molecule has 11 heteroatoms. The number of hydrogen-bond acceptors (Lipinski definition) is 7. The van der Waals surface area contributed by atoms with Crippen molar-refractivity contribution in [1.82, 2.24) is 19.8 Å². The summed E-state index contributed by atoms with van der Waals surface area (Å²) in [6, 6.07) is 6.58. The van der Waals surface area contributed by atoms with Crippen LogP contribution in [0.15, 0.2) is 35.1 Å². The fraction of sp³-hybridized carbons (Fsp3) is 0.318. The van der Waals surface area contributed by atoms with Gasteiger partial charge in [-0.3, -0.25) is 9.69 Å². The van der Waals surface area contributed by atoms with E-state index in [0.717, 1.165) is 0 Å². The minimum atomic E-state index is -0.596. The first-order valence-corrected chi connectivity index (χ1v) is 11.3. The maximum Gasteiger partial charge on any atom is 0.236 e. The third-order valence-corrected chi connectivity index (χ3v) is 6.77. The predicted octanol–water partition coefficient (Wildman–Crippen LogP) is 4.09. The molecule has 1 aromatic heterocycles. The highest BCUT2D eigenvalue weighted by Crippen LogP contribution is 2.36. The number of nitrogens with zero attached hydrogens (tertiary/aromatic N) is 4. The van der Waals surface area contributed by atoms with Gasteiger partial charge in [0.2, 0.25) is 5.91 Å². The third kappa shape index (κ3) is 4.83. The van der Waals surface area contributed by atoms with E-state index in [1.165, 1.54) is 13.4 Å². The van der Waals surface area contributed by atoms with Gasteiger partial charge in [-0.2, -0.15) is 0 Å². The van der Waals surface area contributed by atoms with Crippen LogP contribution in [0.2, 0.25) is 5.02 Å². The molecule has 174 valence electrons. The Morgan fingerprint density at radius 1 is 1.27 bits per heavy atom. The van der Waals surface area contributed by atoms with E-state index in [1.807, 2.05) is 11.9 Å². The Bertz CT molecular complexity index is 1210. The maximum absolute atomic E-state index is 14.6. The van der Waals surface area contributed by atoms with Gasteiger partial charge in [-0.15, -0.1) is 0 Å².